The number of alkyl carbamates (subject to hydrolysis) is 1. The second-order valence-corrected chi connectivity index (χ2v) is 9.24. The van der Waals surface area contributed by atoms with E-state index < -0.39 is 37.2 Å². The minimum absolute atomic E-state index is 0.0384. The number of halogens is 5. The highest BCUT2D eigenvalue weighted by molar-refractivity contribution is 5.69. The molecule has 0 radical (unpaired) electrons. The highest BCUT2D eigenvalue weighted by Gasteiger charge is 2.42. The van der Waals surface area contributed by atoms with Gasteiger partial charge in [-0.15, -0.1) is 13.2 Å². The number of imidazole rings is 1. The first-order valence-corrected chi connectivity index (χ1v) is 11.2. The number of fused-ring (bicyclic) bond motifs is 1. The van der Waals surface area contributed by atoms with Crippen LogP contribution < -0.4 is 10.6 Å². The number of H-pyrrole nitrogens is 1. The van der Waals surface area contributed by atoms with Crippen molar-refractivity contribution in [2.45, 2.75) is 69.3 Å². The van der Waals surface area contributed by atoms with Gasteiger partial charge in [0.2, 0.25) is 5.95 Å². The lowest BCUT2D eigenvalue weighted by molar-refractivity contribution is -0.330. The number of anilines is 2. The van der Waals surface area contributed by atoms with Crippen LogP contribution in [0.1, 0.15) is 49.9 Å². The number of nitrogens with one attached hydrogen (secondary N) is 3. The van der Waals surface area contributed by atoms with Gasteiger partial charge in [0.25, 0.3) is 0 Å². The smallest absolute Gasteiger partial charge is 0.443 e. The molecule has 2 aliphatic carbocycles. The van der Waals surface area contributed by atoms with Crippen LogP contribution in [0.2, 0.25) is 0 Å². The second kappa shape index (κ2) is 8.87. The lowest BCUT2D eigenvalue weighted by Gasteiger charge is -2.17. The summed E-state index contributed by atoms with van der Waals surface area (Å²) in [4.78, 5) is 19.8. The molecule has 0 spiro atoms. The molecular formula is C21H22F5N7O3. The number of amides is 1. The summed E-state index contributed by atoms with van der Waals surface area (Å²) >= 11 is 0. The largest absolute Gasteiger partial charge is 0.522 e. The number of nitrogens with zero attached hydrogens (tertiary/aromatic N) is 4. The van der Waals surface area contributed by atoms with Crippen molar-refractivity contribution in [2.75, 3.05) is 5.32 Å². The molecule has 3 heterocycles. The van der Waals surface area contributed by atoms with Gasteiger partial charge in [-0.1, -0.05) is 0 Å². The van der Waals surface area contributed by atoms with Gasteiger partial charge >= 0.3 is 12.5 Å². The highest BCUT2D eigenvalue weighted by Crippen LogP contribution is 2.39. The van der Waals surface area contributed by atoms with Crippen LogP contribution in [0, 0.1) is 5.82 Å². The van der Waals surface area contributed by atoms with Crippen LogP contribution in [-0.4, -0.2) is 54.8 Å². The zero-order valence-electron chi connectivity index (χ0n) is 18.9. The normalized spacial score (nSPS) is 23.1. The molecule has 0 saturated heterocycles. The van der Waals surface area contributed by atoms with E-state index in [1.165, 1.54) is 0 Å². The zero-order valence-corrected chi connectivity index (χ0v) is 18.9. The Kier molecular flexibility index (Phi) is 5.97. The van der Waals surface area contributed by atoms with E-state index in [-0.39, 0.29) is 47.4 Å². The van der Waals surface area contributed by atoms with Crippen LogP contribution >= 0.6 is 0 Å². The van der Waals surface area contributed by atoms with Gasteiger partial charge in [0.1, 0.15) is 12.3 Å². The van der Waals surface area contributed by atoms with Crippen LogP contribution in [0.4, 0.5) is 38.5 Å². The molecule has 2 aliphatic rings. The summed E-state index contributed by atoms with van der Waals surface area (Å²) in [7, 11) is 0. The van der Waals surface area contributed by atoms with Gasteiger partial charge in [0.15, 0.2) is 17.3 Å². The fraction of sp³-hybridized carbons (Fsp3) is 0.524. The molecule has 10 nitrogen and oxygen atoms in total. The molecule has 5 rings (SSSR count). The summed E-state index contributed by atoms with van der Waals surface area (Å²) in [5.41, 5.74) is -0.0929. The third-order valence-electron chi connectivity index (χ3n) is 6.25. The van der Waals surface area contributed by atoms with E-state index in [9.17, 15) is 26.7 Å². The Morgan fingerprint density at radius 2 is 2.11 bits per heavy atom. The van der Waals surface area contributed by atoms with Crippen LogP contribution in [0.5, 0.6) is 0 Å². The Labute approximate surface area is 200 Å². The molecule has 0 aromatic carbocycles. The predicted octanol–water partition coefficient (Wildman–Crippen LogP) is 4.23. The summed E-state index contributed by atoms with van der Waals surface area (Å²) in [5.74, 6) is -0.840. The zero-order chi connectivity index (χ0) is 25.7. The number of aromatic amines is 1. The van der Waals surface area contributed by atoms with Gasteiger partial charge in [-0.05, 0) is 32.6 Å². The highest BCUT2D eigenvalue weighted by atomic mass is 19.4. The van der Waals surface area contributed by atoms with Crippen molar-refractivity contribution in [3.05, 3.63) is 35.7 Å². The van der Waals surface area contributed by atoms with Crippen molar-refractivity contribution < 1.29 is 36.2 Å². The molecule has 3 aromatic rings. The summed E-state index contributed by atoms with van der Waals surface area (Å²) in [6.07, 6.45) is -3.60. The molecule has 194 valence electrons. The molecule has 15 heteroatoms. The van der Waals surface area contributed by atoms with E-state index in [1.807, 2.05) is 6.92 Å². The number of carbonyl (C=O) groups excluding carboxylic acids is 1. The van der Waals surface area contributed by atoms with Gasteiger partial charge in [-0.3, -0.25) is 14.2 Å². The number of alkyl halides is 4. The minimum Gasteiger partial charge on any atom is -0.443 e. The van der Waals surface area contributed by atoms with E-state index in [2.05, 4.69) is 35.5 Å². The van der Waals surface area contributed by atoms with Gasteiger partial charge in [0.05, 0.1) is 18.5 Å². The van der Waals surface area contributed by atoms with Crippen LogP contribution in [0.25, 0.3) is 5.65 Å². The molecule has 2 saturated carbocycles. The lowest BCUT2D eigenvalue weighted by atomic mass is 10.0. The fourth-order valence-corrected chi connectivity index (χ4v) is 4.09. The summed E-state index contributed by atoms with van der Waals surface area (Å²) in [5, 5.41) is 12.5. The maximum Gasteiger partial charge on any atom is 0.522 e. The Morgan fingerprint density at radius 1 is 1.33 bits per heavy atom. The lowest BCUT2D eigenvalue weighted by Crippen LogP contribution is -2.38. The average molecular weight is 515 g/mol. The SMILES string of the molecule is CC1(NC(=O)O[C@H]2C[C@@H](c3cc(Nc4ncc(F)c5nc(COC(F)(F)F)cn45)n[nH]3)C[C@H]2F)CC1. The Hall–Kier alpha value is -3.49. The Bertz CT molecular complexity index is 1270. The maximum absolute atomic E-state index is 14.5. The second-order valence-electron chi connectivity index (χ2n) is 9.24. The van der Waals surface area contributed by atoms with E-state index >= 15 is 0 Å². The van der Waals surface area contributed by atoms with Crippen molar-refractivity contribution >= 4 is 23.5 Å². The van der Waals surface area contributed by atoms with Gasteiger partial charge < -0.3 is 15.4 Å². The third kappa shape index (κ3) is 5.34. The number of rotatable bonds is 7. The van der Waals surface area contributed by atoms with Crippen molar-refractivity contribution in [2.24, 2.45) is 0 Å². The van der Waals surface area contributed by atoms with Gasteiger partial charge in [0, 0.05) is 29.4 Å². The third-order valence-corrected chi connectivity index (χ3v) is 6.25. The summed E-state index contributed by atoms with van der Waals surface area (Å²) in [6.45, 7) is 0.992. The topological polar surface area (TPSA) is 118 Å². The molecule has 36 heavy (non-hydrogen) atoms. The molecule has 3 N–H and O–H groups in total. The van der Waals surface area contributed by atoms with Crippen molar-refractivity contribution in [3.63, 3.8) is 0 Å². The number of hydrogen-bond acceptors (Lipinski definition) is 7. The fourth-order valence-electron chi connectivity index (χ4n) is 4.09. The monoisotopic (exact) mass is 515 g/mol. The first-order valence-electron chi connectivity index (χ1n) is 11.2. The standard InChI is InChI=1S/C21H22F5N7O3/c1-20(2-3-20)30-19(34)36-15-5-10(4-12(15)22)14-6-16(32-31-14)29-18-27-7-13(23)17-28-11(8-33(17)18)9-35-21(24,25)26/h6-8,10,12,15H,2-5,9H2,1H3,(H,30,34)(H2,27,29,31,32)/t10-,12+,15-/m0/s1. The average Bonchev–Trinajstić information content (AvgIpc) is 3.17. The first-order chi connectivity index (χ1) is 17.0. The number of ether oxygens (including phenoxy) is 2. The maximum atomic E-state index is 14.5. The molecule has 3 aromatic heterocycles. The molecule has 2 fully saturated rings. The molecule has 1 amide bonds. The Balaban J connectivity index is 1.25. The molecule has 0 bridgehead atoms. The van der Waals surface area contributed by atoms with E-state index in [0.29, 0.717) is 5.69 Å². The van der Waals surface area contributed by atoms with Crippen LogP contribution in [0.15, 0.2) is 18.5 Å². The van der Waals surface area contributed by atoms with Crippen molar-refractivity contribution in [1.29, 1.82) is 0 Å². The molecule has 0 aliphatic heterocycles. The number of carbonyl (C=O) groups is 1. The van der Waals surface area contributed by atoms with Crippen LogP contribution in [-0.2, 0) is 16.1 Å². The number of aromatic nitrogens is 5. The molecule has 3 atom stereocenters. The van der Waals surface area contributed by atoms with E-state index in [4.69, 9.17) is 4.74 Å². The van der Waals surface area contributed by atoms with Gasteiger partial charge in [-0.2, -0.15) is 5.10 Å². The summed E-state index contributed by atoms with van der Waals surface area (Å²) < 4.78 is 75.8. The van der Waals surface area contributed by atoms with E-state index in [0.717, 1.165) is 29.6 Å². The predicted molar refractivity (Wildman–Crippen MR) is 114 cm³/mol. The van der Waals surface area contributed by atoms with Crippen molar-refractivity contribution in [3.8, 4) is 0 Å². The molecular weight excluding hydrogens is 493 g/mol. The number of hydrogen-bond donors (Lipinski definition) is 3. The summed E-state index contributed by atoms with van der Waals surface area (Å²) in [6, 6.07) is 1.60. The van der Waals surface area contributed by atoms with E-state index in [1.54, 1.807) is 6.07 Å². The first kappa shape index (κ1) is 24.2. The Morgan fingerprint density at radius 3 is 2.83 bits per heavy atom. The van der Waals surface area contributed by atoms with Crippen LogP contribution in [0.3, 0.4) is 0 Å². The quantitative estimate of drug-likeness (QED) is 0.403. The molecule has 0 unspecified atom stereocenters. The van der Waals surface area contributed by atoms with Crippen molar-refractivity contribution in [1.82, 2.24) is 29.9 Å². The minimum atomic E-state index is -4.86. The van der Waals surface area contributed by atoms with Gasteiger partial charge in [-0.25, -0.2) is 23.5 Å².